The minimum absolute atomic E-state index is 0.131. The number of hydrogen-bond donors (Lipinski definition) is 1. The third-order valence-corrected chi connectivity index (χ3v) is 7.27. The SMILES string of the molecule is CC#CC1=C(CC)c2cccc(NC3CCN(C(=O)CN(C)C)CC3)c2S1(=O)=O. The Morgan fingerprint density at radius 2 is 1.97 bits per heavy atom. The van der Waals surface area contributed by atoms with Gasteiger partial charge in [0.1, 0.15) is 9.80 Å². The zero-order valence-electron chi connectivity index (χ0n) is 17.6. The number of rotatable bonds is 5. The molecule has 156 valence electrons. The molecule has 0 unspecified atom stereocenters. The lowest BCUT2D eigenvalue weighted by molar-refractivity contribution is -0.132. The normalized spacial score (nSPS) is 18.4. The number of benzene rings is 1. The number of likely N-dealkylation sites (tertiary alicyclic amines) is 1. The molecule has 0 bridgehead atoms. The number of piperidine rings is 1. The second-order valence-corrected chi connectivity index (χ2v) is 9.58. The van der Waals surface area contributed by atoms with Crippen molar-refractivity contribution in [1.29, 1.82) is 0 Å². The summed E-state index contributed by atoms with van der Waals surface area (Å²) in [6.07, 6.45) is 2.20. The molecular weight excluding hydrogens is 386 g/mol. The lowest BCUT2D eigenvalue weighted by Gasteiger charge is -2.33. The van der Waals surface area contributed by atoms with Gasteiger partial charge in [0, 0.05) is 24.7 Å². The van der Waals surface area contributed by atoms with Crippen LogP contribution < -0.4 is 5.32 Å². The van der Waals surface area contributed by atoms with Crippen molar-refractivity contribution in [3.8, 4) is 11.8 Å². The highest BCUT2D eigenvalue weighted by Crippen LogP contribution is 2.44. The molecular formula is C22H29N3O3S. The second kappa shape index (κ2) is 8.60. The molecule has 0 atom stereocenters. The van der Waals surface area contributed by atoms with Crippen LogP contribution in [0.2, 0.25) is 0 Å². The van der Waals surface area contributed by atoms with Crippen LogP contribution >= 0.6 is 0 Å². The fourth-order valence-corrected chi connectivity index (χ4v) is 5.95. The van der Waals surface area contributed by atoms with Crippen molar-refractivity contribution in [2.24, 2.45) is 0 Å². The van der Waals surface area contributed by atoms with Crippen LogP contribution in [-0.2, 0) is 14.6 Å². The van der Waals surface area contributed by atoms with E-state index in [1.165, 1.54) is 0 Å². The van der Waals surface area contributed by atoms with Gasteiger partial charge in [-0.25, -0.2) is 8.42 Å². The van der Waals surface area contributed by atoms with E-state index in [1.54, 1.807) is 6.92 Å². The van der Waals surface area contributed by atoms with Crippen LogP contribution in [-0.4, -0.2) is 63.9 Å². The predicted octanol–water partition coefficient (Wildman–Crippen LogP) is 2.58. The average molecular weight is 416 g/mol. The molecule has 2 heterocycles. The largest absolute Gasteiger partial charge is 0.381 e. The quantitative estimate of drug-likeness (QED) is 0.749. The summed E-state index contributed by atoms with van der Waals surface area (Å²) in [6, 6.07) is 5.72. The smallest absolute Gasteiger partial charge is 0.236 e. The summed E-state index contributed by atoms with van der Waals surface area (Å²) in [5.41, 5.74) is 2.19. The van der Waals surface area contributed by atoms with Gasteiger partial charge in [-0.2, -0.15) is 0 Å². The Kier molecular flexibility index (Phi) is 6.35. The molecule has 6 nitrogen and oxygen atoms in total. The topological polar surface area (TPSA) is 69.7 Å². The van der Waals surface area contributed by atoms with Gasteiger partial charge in [0.25, 0.3) is 0 Å². The van der Waals surface area contributed by atoms with Crippen molar-refractivity contribution in [1.82, 2.24) is 9.80 Å². The van der Waals surface area contributed by atoms with Crippen molar-refractivity contribution in [3.63, 3.8) is 0 Å². The number of carbonyl (C=O) groups is 1. The molecule has 1 fully saturated rings. The van der Waals surface area contributed by atoms with Gasteiger partial charge in [0.05, 0.1) is 12.2 Å². The summed E-state index contributed by atoms with van der Waals surface area (Å²) in [4.78, 5) is 16.6. The van der Waals surface area contributed by atoms with E-state index in [9.17, 15) is 13.2 Å². The number of sulfone groups is 1. The van der Waals surface area contributed by atoms with Crippen molar-refractivity contribution >= 4 is 27.0 Å². The number of carbonyl (C=O) groups excluding carboxylic acids is 1. The second-order valence-electron chi connectivity index (χ2n) is 7.76. The highest BCUT2D eigenvalue weighted by Gasteiger charge is 2.37. The molecule has 1 N–H and O–H groups in total. The number of nitrogens with one attached hydrogen (secondary N) is 1. The Labute approximate surface area is 173 Å². The van der Waals surface area contributed by atoms with E-state index in [0.717, 1.165) is 24.0 Å². The van der Waals surface area contributed by atoms with E-state index in [-0.39, 0.29) is 16.9 Å². The lowest BCUT2D eigenvalue weighted by Crippen LogP contribution is -2.45. The summed E-state index contributed by atoms with van der Waals surface area (Å²) >= 11 is 0. The zero-order valence-corrected chi connectivity index (χ0v) is 18.4. The Balaban J connectivity index is 1.79. The number of amides is 1. The molecule has 3 rings (SSSR count). The first-order valence-corrected chi connectivity index (χ1v) is 11.5. The van der Waals surface area contributed by atoms with Crippen molar-refractivity contribution in [2.75, 3.05) is 39.0 Å². The van der Waals surface area contributed by atoms with E-state index in [1.807, 2.05) is 49.0 Å². The molecule has 1 saturated heterocycles. The highest BCUT2D eigenvalue weighted by molar-refractivity contribution is 7.96. The molecule has 0 saturated carbocycles. The standard InChI is InChI=1S/C22H29N3O3S/c1-5-8-20-17(6-2)18-9-7-10-19(22(18)29(20,27)28)23-16-11-13-25(14-12-16)21(26)15-24(3)4/h7,9-10,16,23H,6,11-15H2,1-4H3. The van der Waals surface area contributed by atoms with Gasteiger partial charge in [-0.1, -0.05) is 25.0 Å². The van der Waals surface area contributed by atoms with Crippen LogP contribution in [0.1, 0.15) is 38.7 Å². The Morgan fingerprint density at radius 3 is 2.55 bits per heavy atom. The fourth-order valence-electron chi connectivity index (χ4n) is 4.04. The average Bonchev–Trinajstić information content (AvgIpc) is 2.89. The van der Waals surface area contributed by atoms with E-state index < -0.39 is 9.84 Å². The number of nitrogens with zero attached hydrogens (tertiary/aromatic N) is 2. The Hall–Kier alpha value is -2.30. The van der Waals surface area contributed by atoms with Gasteiger partial charge in [0.15, 0.2) is 0 Å². The fraction of sp³-hybridized carbons (Fsp3) is 0.500. The van der Waals surface area contributed by atoms with Gasteiger partial charge in [-0.3, -0.25) is 4.79 Å². The third kappa shape index (κ3) is 4.19. The van der Waals surface area contributed by atoms with Gasteiger partial charge in [-0.15, -0.1) is 5.92 Å². The molecule has 7 heteroatoms. The van der Waals surface area contributed by atoms with Gasteiger partial charge in [0.2, 0.25) is 15.7 Å². The lowest BCUT2D eigenvalue weighted by atomic mass is 10.0. The van der Waals surface area contributed by atoms with Crippen LogP contribution in [0.25, 0.3) is 5.57 Å². The molecule has 2 aliphatic rings. The van der Waals surface area contributed by atoms with Crippen molar-refractivity contribution in [3.05, 3.63) is 28.7 Å². The number of anilines is 1. The zero-order chi connectivity index (χ0) is 21.2. The summed E-state index contributed by atoms with van der Waals surface area (Å²) in [6.45, 7) is 5.38. The van der Waals surface area contributed by atoms with E-state index >= 15 is 0 Å². The highest BCUT2D eigenvalue weighted by atomic mass is 32.2. The first kappa shape index (κ1) is 21.4. The van der Waals surface area contributed by atoms with Crippen LogP contribution in [0, 0.1) is 11.8 Å². The summed E-state index contributed by atoms with van der Waals surface area (Å²) in [5.74, 6) is 5.69. The van der Waals surface area contributed by atoms with Crippen molar-refractivity contribution < 1.29 is 13.2 Å². The van der Waals surface area contributed by atoms with E-state index in [4.69, 9.17) is 0 Å². The molecule has 29 heavy (non-hydrogen) atoms. The number of allylic oxidation sites excluding steroid dienone is 2. The molecule has 1 aromatic rings. The molecule has 1 amide bonds. The van der Waals surface area contributed by atoms with Gasteiger partial charge < -0.3 is 15.1 Å². The monoisotopic (exact) mass is 415 g/mol. The maximum absolute atomic E-state index is 13.2. The van der Waals surface area contributed by atoms with Crippen LogP contribution in [0.3, 0.4) is 0 Å². The third-order valence-electron chi connectivity index (χ3n) is 5.40. The molecule has 0 aliphatic carbocycles. The number of fused-ring (bicyclic) bond motifs is 1. The minimum atomic E-state index is -3.62. The first-order chi connectivity index (χ1) is 13.8. The minimum Gasteiger partial charge on any atom is -0.381 e. The van der Waals surface area contributed by atoms with Crippen LogP contribution in [0.5, 0.6) is 0 Å². The maximum atomic E-state index is 13.2. The summed E-state index contributed by atoms with van der Waals surface area (Å²) in [5, 5.41) is 3.44. The Bertz CT molecular complexity index is 992. The van der Waals surface area contributed by atoms with E-state index in [2.05, 4.69) is 17.2 Å². The molecule has 0 radical (unpaired) electrons. The Morgan fingerprint density at radius 1 is 1.28 bits per heavy atom. The van der Waals surface area contributed by atoms with Crippen LogP contribution in [0.15, 0.2) is 28.0 Å². The van der Waals surface area contributed by atoms with Gasteiger partial charge >= 0.3 is 0 Å². The molecule has 2 aliphatic heterocycles. The molecule has 0 aromatic heterocycles. The van der Waals surface area contributed by atoms with Crippen molar-refractivity contribution in [2.45, 2.75) is 44.0 Å². The van der Waals surface area contributed by atoms with E-state index in [0.29, 0.717) is 36.6 Å². The first-order valence-electron chi connectivity index (χ1n) is 10.0. The molecule has 1 aromatic carbocycles. The molecule has 0 spiro atoms. The maximum Gasteiger partial charge on any atom is 0.236 e. The predicted molar refractivity (Wildman–Crippen MR) is 116 cm³/mol. The number of likely N-dealkylation sites (N-methyl/N-ethyl adjacent to an activating group) is 1. The van der Waals surface area contributed by atoms with Gasteiger partial charge in [-0.05, 0) is 51.9 Å². The van der Waals surface area contributed by atoms with Crippen LogP contribution in [0.4, 0.5) is 5.69 Å². The summed E-state index contributed by atoms with van der Waals surface area (Å²) in [7, 11) is 0.159. The summed E-state index contributed by atoms with van der Waals surface area (Å²) < 4.78 is 26.4. The number of hydrogen-bond acceptors (Lipinski definition) is 5.